The number of rotatable bonds is 5. The number of hydrogen-bond acceptors (Lipinski definition) is 6. The van der Waals surface area contributed by atoms with Gasteiger partial charge in [-0.25, -0.2) is 4.98 Å². The Morgan fingerprint density at radius 1 is 1.15 bits per heavy atom. The highest BCUT2D eigenvalue weighted by Gasteiger charge is 2.20. The molecule has 0 saturated carbocycles. The van der Waals surface area contributed by atoms with E-state index in [1.54, 1.807) is 56.0 Å². The van der Waals surface area contributed by atoms with Gasteiger partial charge in [0.2, 0.25) is 11.7 Å². The van der Waals surface area contributed by atoms with Gasteiger partial charge in [0.05, 0.1) is 5.56 Å². The predicted molar refractivity (Wildman–Crippen MR) is 97.4 cm³/mol. The molecule has 0 spiro atoms. The number of nitrogens with zero attached hydrogens (tertiary/aromatic N) is 4. The van der Waals surface area contributed by atoms with Crippen molar-refractivity contribution in [2.24, 2.45) is 0 Å². The normalized spacial score (nSPS) is 11.9. The monoisotopic (exact) mass is 360 g/mol. The molecule has 2 N–H and O–H groups in total. The highest BCUT2D eigenvalue weighted by molar-refractivity contribution is 6.00. The second-order valence-corrected chi connectivity index (χ2v) is 5.87. The lowest BCUT2D eigenvalue weighted by Crippen LogP contribution is -2.27. The summed E-state index contributed by atoms with van der Waals surface area (Å²) in [6.45, 7) is 1.79. The number of nitrogens with one attached hydrogen (secondary N) is 2. The Morgan fingerprint density at radius 3 is 2.74 bits per heavy atom. The van der Waals surface area contributed by atoms with Crippen LogP contribution in [0.5, 0.6) is 0 Å². The SMILES string of the molecule is CC(NC(=O)c1ccccc1-c1ncc[nH]1)c1nc(-c2ccncc2)no1. The fraction of sp³-hybridized carbons (Fsp3) is 0.105. The van der Waals surface area contributed by atoms with E-state index in [-0.39, 0.29) is 5.91 Å². The molecule has 134 valence electrons. The molecule has 8 heteroatoms. The van der Waals surface area contributed by atoms with Crippen LogP contribution in [0.2, 0.25) is 0 Å². The molecular formula is C19H16N6O2. The summed E-state index contributed by atoms with van der Waals surface area (Å²) in [6.07, 6.45) is 6.67. The maximum absolute atomic E-state index is 12.8. The first-order valence-corrected chi connectivity index (χ1v) is 8.36. The average Bonchev–Trinajstić information content (AvgIpc) is 3.41. The lowest BCUT2D eigenvalue weighted by atomic mass is 10.1. The van der Waals surface area contributed by atoms with Gasteiger partial charge in [0.25, 0.3) is 5.91 Å². The number of H-pyrrole nitrogens is 1. The molecule has 1 unspecified atom stereocenters. The Hall–Kier alpha value is -3.81. The smallest absolute Gasteiger partial charge is 0.252 e. The number of benzene rings is 1. The van der Waals surface area contributed by atoms with Crippen molar-refractivity contribution in [3.63, 3.8) is 0 Å². The molecule has 0 aliphatic carbocycles. The van der Waals surface area contributed by atoms with Crippen molar-refractivity contribution < 1.29 is 9.32 Å². The number of carbonyl (C=O) groups excluding carboxylic acids is 1. The minimum absolute atomic E-state index is 0.252. The minimum atomic E-state index is -0.453. The van der Waals surface area contributed by atoms with E-state index in [1.807, 2.05) is 12.1 Å². The van der Waals surface area contributed by atoms with Gasteiger partial charge in [-0.3, -0.25) is 9.78 Å². The molecule has 8 nitrogen and oxygen atoms in total. The van der Waals surface area contributed by atoms with Gasteiger partial charge in [0.15, 0.2) is 0 Å². The summed E-state index contributed by atoms with van der Waals surface area (Å²) >= 11 is 0. The Labute approximate surface area is 154 Å². The van der Waals surface area contributed by atoms with Crippen LogP contribution in [0.25, 0.3) is 22.8 Å². The molecule has 0 bridgehead atoms. The number of aromatic nitrogens is 5. The second-order valence-electron chi connectivity index (χ2n) is 5.87. The molecule has 0 radical (unpaired) electrons. The number of pyridine rings is 1. The van der Waals surface area contributed by atoms with E-state index >= 15 is 0 Å². The molecule has 0 aliphatic heterocycles. The summed E-state index contributed by atoms with van der Waals surface area (Å²) in [4.78, 5) is 28.3. The highest BCUT2D eigenvalue weighted by atomic mass is 16.5. The van der Waals surface area contributed by atoms with Crippen LogP contribution in [0, 0.1) is 0 Å². The van der Waals surface area contributed by atoms with Crippen molar-refractivity contribution in [2.75, 3.05) is 0 Å². The van der Waals surface area contributed by atoms with E-state index in [1.165, 1.54) is 0 Å². The molecule has 1 aromatic carbocycles. The zero-order chi connectivity index (χ0) is 18.6. The van der Waals surface area contributed by atoms with Gasteiger partial charge in [-0.15, -0.1) is 0 Å². The van der Waals surface area contributed by atoms with E-state index in [2.05, 4.69) is 30.4 Å². The summed E-state index contributed by atoms with van der Waals surface area (Å²) in [5.74, 6) is 1.15. The Morgan fingerprint density at radius 2 is 1.96 bits per heavy atom. The maximum Gasteiger partial charge on any atom is 0.252 e. The summed E-state index contributed by atoms with van der Waals surface area (Å²) in [6, 6.07) is 10.4. The molecule has 1 atom stereocenters. The molecule has 1 amide bonds. The van der Waals surface area contributed by atoms with Gasteiger partial charge in [0, 0.05) is 35.9 Å². The number of imidazole rings is 1. The van der Waals surface area contributed by atoms with Crippen LogP contribution in [-0.4, -0.2) is 31.0 Å². The predicted octanol–water partition coefficient (Wildman–Crippen LogP) is 3.01. The van der Waals surface area contributed by atoms with Gasteiger partial charge in [0.1, 0.15) is 11.9 Å². The number of aromatic amines is 1. The van der Waals surface area contributed by atoms with Crippen LogP contribution in [0.4, 0.5) is 0 Å². The van der Waals surface area contributed by atoms with Crippen molar-refractivity contribution in [3.8, 4) is 22.8 Å². The maximum atomic E-state index is 12.8. The van der Waals surface area contributed by atoms with Gasteiger partial charge in [-0.05, 0) is 25.1 Å². The zero-order valence-corrected chi connectivity index (χ0v) is 14.5. The first-order valence-electron chi connectivity index (χ1n) is 8.36. The average molecular weight is 360 g/mol. The van der Waals surface area contributed by atoms with Crippen molar-refractivity contribution in [1.29, 1.82) is 0 Å². The fourth-order valence-corrected chi connectivity index (χ4v) is 2.67. The topological polar surface area (TPSA) is 110 Å². The van der Waals surface area contributed by atoms with Gasteiger partial charge in [-0.1, -0.05) is 23.4 Å². The van der Waals surface area contributed by atoms with Gasteiger partial charge >= 0.3 is 0 Å². The molecule has 4 aromatic rings. The van der Waals surface area contributed by atoms with E-state index < -0.39 is 6.04 Å². The molecule has 27 heavy (non-hydrogen) atoms. The third-order valence-electron chi connectivity index (χ3n) is 4.02. The Kier molecular flexibility index (Phi) is 4.44. The summed E-state index contributed by atoms with van der Waals surface area (Å²) in [5.41, 5.74) is 2.02. The fourth-order valence-electron chi connectivity index (χ4n) is 2.67. The van der Waals surface area contributed by atoms with Gasteiger partial charge in [-0.2, -0.15) is 4.98 Å². The number of amides is 1. The van der Waals surface area contributed by atoms with Crippen LogP contribution < -0.4 is 5.32 Å². The van der Waals surface area contributed by atoms with Crippen molar-refractivity contribution >= 4 is 5.91 Å². The zero-order valence-electron chi connectivity index (χ0n) is 14.5. The molecule has 0 saturated heterocycles. The first kappa shape index (κ1) is 16.6. The Bertz CT molecular complexity index is 1040. The van der Waals surface area contributed by atoms with Crippen molar-refractivity contribution in [3.05, 3.63) is 72.6 Å². The van der Waals surface area contributed by atoms with Gasteiger partial charge < -0.3 is 14.8 Å². The lowest BCUT2D eigenvalue weighted by molar-refractivity contribution is 0.0933. The van der Waals surface area contributed by atoms with Crippen LogP contribution >= 0.6 is 0 Å². The second kappa shape index (κ2) is 7.20. The summed E-state index contributed by atoms with van der Waals surface area (Å²) < 4.78 is 5.31. The van der Waals surface area contributed by atoms with Crippen LogP contribution in [0.1, 0.15) is 29.2 Å². The van der Waals surface area contributed by atoms with E-state index in [0.29, 0.717) is 23.1 Å². The molecule has 3 aromatic heterocycles. The highest BCUT2D eigenvalue weighted by Crippen LogP contribution is 2.22. The van der Waals surface area contributed by atoms with E-state index in [4.69, 9.17) is 4.52 Å². The van der Waals surface area contributed by atoms with Crippen LogP contribution in [0.15, 0.2) is 65.7 Å². The molecule has 4 rings (SSSR count). The number of carbonyl (C=O) groups is 1. The van der Waals surface area contributed by atoms with Crippen molar-refractivity contribution in [2.45, 2.75) is 13.0 Å². The summed E-state index contributed by atoms with van der Waals surface area (Å²) in [7, 11) is 0. The lowest BCUT2D eigenvalue weighted by Gasteiger charge is -2.12. The van der Waals surface area contributed by atoms with E-state index in [9.17, 15) is 4.79 Å². The Balaban J connectivity index is 1.53. The van der Waals surface area contributed by atoms with E-state index in [0.717, 1.165) is 11.1 Å². The first-order chi connectivity index (χ1) is 13.2. The minimum Gasteiger partial charge on any atom is -0.345 e. The molecule has 0 fully saturated rings. The third-order valence-corrected chi connectivity index (χ3v) is 4.02. The quantitative estimate of drug-likeness (QED) is 0.566. The largest absolute Gasteiger partial charge is 0.345 e. The molecule has 3 heterocycles. The van der Waals surface area contributed by atoms with Crippen LogP contribution in [-0.2, 0) is 0 Å². The number of hydrogen-bond donors (Lipinski definition) is 2. The molecule has 0 aliphatic rings. The van der Waals surface area contributed by atoms with Crippen molar-refractivity contribution in [1.82, 2.24) is 30.4 Å². The van der Waals surface area contributed by atoms with Crippen LogP contribution in [0.3, 0.4) is 0 Å². The molecular weight excluding hydrogens is 344 g/mol. The summed E-state index contributed by atoms with van der Waals surface area (Å²) in [5, 5.41) is 6.86. The standard InChI is InChI=1S/C19H16N6O2/c1-12(19-24-16(25-27-19)13-6-8-20-9-7-13)23-18(26)15-5-3-2-4-14(15)17-21-10-11-22-17/h2-12H,1H3,(H,21,22)(H,23,26). The third kappa shape index (κ3) is 3.45.